The third-order valence-electron chi connectivity index (χ3n) is 3.04. The first-order chi connectivity index (χ1) is 8.70. The van der Waals surface area contributed by atoms with E-state index < -0.39 is 4.92 Å². The molecule has 1 aromatic carbocycles. The van der Waals surface area contributed by atoms with Gasteiger partial charge in [0.2, 0.25) is 0 Å². The van der Waals surface area contributed by atoms with E-state index in [4.69, 9.17) is 4.74 Å². The number of hydrogen-bond donors (Lipinski definition) is 2. The highest BCUT2D eigenvalue weighted by Gasteiger charge is 2.25. The standard InChI is InChI=1S/C12H16N2O4/c15-8-11(12-2-1-7-18-12)13-9-3-5-10(6-4-9)14(16)17/h3-6,11-13,15H,1-2,7-8H2/t11-,12+/m1/s1. The predicted octanol–water partition coefficient (Wildman–Crippen LogP) is 1.55. The van der Waals surface area contributed by atoms with Gasteiger partial charge in [0.15, 0.2) is 0 Å². The molecule has 0 spiro atoms. The number of aliphatic hydroxyl groups is 1. The summed E-state index contributed by atoms with van der Waals surface area (Å²) in [5, 5.41) is 23.0. The Labute approximate surface area is 105 Å². The minimum atomic E-state index is -0.437. The average Bonchev–Trinajstić information content (AvgIpc) is 2.90. The van der Waals surface area contributed by atoms with Crippen LogP contribution in [0, 0.1) is 10.1 Å². The minimum absolute atomic E-state index is 0.00481. The molecule has 6 nitrogen and oxygen atoms in total. The molecular formula is C12H16N2O4. The molecule has 1 saturated heterocycles. The molecule has 0 unspecified atom stereocenters. The van der Waals surface area contributed by atoms with Gasteiger partial charge in [-0.05, 0) is 25.0 Å². The summed E-state index contributed by atoms with van der Waals surface area (Å²) in [6.07, 6.45) is 1.93. The molecule has 2 rings (SSSR count). The molecule has 98 valence electrons. The molecule has 2 N–H and O–H groups in total. The van der Waals surface area contributed by atoms with E-state index >= 15 is 0 Å². The lowest BCUT2D eigenvalue weighted by Gasteiger charge is -2.23. The molecule has 0 aromatic heterocycles. The van der Waals surface area contributed by atoms with Crippen molar-refractivity contribution >= 4 is 11.4 Å². The van der Waals surface area contributed by atoms with Crippen LogP contribution in [0.5, 0.6) is 0 Å². The summed E-state index contributed by atoms with van der Waals surface area (Å²) in [6.45, 7) is 0.699. The Morgan fingerprint density at radius 2 is 2.22 bits per heavy atom. The SMILES string of the molecule is O=[N+]([O-])c1ccc(N[C@H](CO)[C@@H]2CCCO2)cc1. The summed E-state index contributed by atoms with van der Waals surface area (Å²) in [4.78, 5) is 10.1. The largest absolute Gasteiger partial charge is 0.394 e. The third kappa shape index (κ3) is 2.96. The van der Waals surface area contributed by atoms with E-state index in [0.717, 1.165) is 25.1 Å². The van der Waals surface area contributed by atoms with Gasteiger partial charge in [0.1, 0.15) is 0 Å². The second kappa shape index (κ2) is 5.79. The normalized spacial score (nSPS) is 20.6. The summed E-state index contributed by atoms with van der Waals surface area (Å²) in [5.74, 6) is 0. The van der Waals surface area contributed by atoms with E-state index in [1.165, 1.54) is 12.1 Å². The van der Waals surface area contributed by atoms with Gasteiger partial charge in [-0.25, -0.2) is 0 Å². The first-order valence-electron chi connectivity index (χ1n) is 5.94. The molecule has 1 aliphatic rings. The van der Waals surface area contributed by atoms with Crippen LogP contribution in [0.1, 0.15) is 12.8 Å². The number of nitro benzene ring substituents is 1. The fraction of sp³-hybridized carbons (Fsp3) is 0.500. The molecule has 2 atom stereocenters. The molecule has 1 aliphatic heterocycles. The Hall–Kier alpha value is -1.66. The van der Waals surface area contributed by atoms with Gasteiger partial charge in [0.05, 0.1) is 23.7 Å². The van der Waals surface area contributed by atoms with Crippen molar-refractivity contribution in [2.24, 2.45) is 0 Å². The van der Waals surface area contributed by atoms with Gasteiger partial charge in [-0.15, -0.1) is 0 Å². The fourth-order valence-corrected chi connectivity index (χ4v) is 2.07. The second-order valence-electron chi connectivity index (χ2n) is 4.29. The molecule has 0 bridgehead atoms. The summed E-state index contributed by atoms with van der Waals surface area (Å²) in [7, 11) is 0. The molecule has 1 fully saturated rings. The van der Waals surface area contributed by atoms with Crippen molar-refractivity contribution in [3.8, 4) is 0 Å². The molecule has 0 radical (unpaired) electrons. The van der Waals surface area contributed by atoms with E-state index in [2.05, 4.69) is 5.32 Å². The van der Waals surface area contributed by atoms with Crippen molar-refractivity contribution < 1.29 is 14.8 Å². The molecular weight excluding hydrogens is 236 g/mol. The number of rotatable bonds is 5. The van der Waals surface area contributed by atoms with Crippen LogP contribution in [0.15, 0.2) is 24.3 Å². The number of nitro groups is 1. The minimum Gasteiger partial charge on any atom is -0.394 e. The van der Waals surface area contributed by atoms with Crippen LogP contribution in [0.2, 0.25) is 0 Å². The summed E-state index contributed by atoms with van der Waals surface area (Å²) >= 11 is 0. The van der Waals surface area contributed by atoms with Crippen LogP contribution >= 0.6 is 0 Å². The number of anilines is 1. The first kappa shape index (κ1) is 12.8. The fourth-order valence-electron chi connectivity index (χ4n) is 2.07. The number of hydrogen-bond acceptors (Lipinski definition) is 5. The highest BCUT2D eigenvalue weighted by molar-refractivity contribution is 5.49. The predicted molar refractivity (Wildman–Crippen MR) is 66.6 cm³/mol. The lowest BCUT2D eigenvalue weighted by atomic mass is 10.1. The zero-order valence-corrected chi connectivity index (χ0v) is 9.91. The smallest absolute Gasteiger partial charge is 0.269 e. The van der Waals surface area contributed by atoms with E-state index in [0.29, 0.717) is 0 Å². The lowest BCUT2D eigenvalue weighted by molar-refractivity contribution is -0.384. The van der Waals surface area contributed by atoms with Crippen molar-refractivity contribution in [2.45, 2.75) is 25.0 Å². The number of aliphatic hydroxyl groups excluding tert-OH is 1. The molecule has 0 saturated carbocycles. The molecule has 0 amide bonds. The van der Waals surface area contributed by atoms with Crippen molar-refractivity contribution in [3.05, 3.63) is 34.4 Å². The van der Waals surface area contributed by atoms with Crippen LogP contribution in [0.3, 0.4) is 0 Å². The summed E-state index contributed by atoms with van der Waals surface area (Å²) < 4.78 is 5.51. The van der Waals surface area contributed by atoms with Gasteiger partial charge in [0.25, 0.3) is 5.69 Å². The molecule has 0 aliphatic carbocycles. The van der Waals surface area contributed by atoms with Crippen LogP contribution in [0.4, 0.5) is 11.4 Å². The van der Waals surface area contributed by atoms with Gasteiger partial charge >= 0.3 is 0 Å². The lowest BCUT2D eigenvalue weighted by Crippen LogP contribution is -2.36. The van der Waals surface area contributed by atoms with Gasteiger partial charge in [-0.2, -0.15) is 0 Å². The average molecular weight is 252 g/mol. The van der Waals surface area contributed by atoms with E-state index in [1.807, 2.05) is 0 Å². The van der Waals surface area contributed by atoms with Crippen molar-refractivity contribution in [3.63, 3.8) is 0 Å². The van der Waals surface area contributed by atoms with Crippen LogP contribution in [0.25, 0.3) is 0 Å². The van der Waals surface area contributed by atoms with Gasteiger partial charge < -0.3 is 15.2 Å². The van der Waals surface area contributed by atoms with Crippen LogP contribution in [-0.4, -0.2) is 35.4 Å². The summed E-state index contributed by atoms with van der Waals surface area (Å²) in [5.41, 5.74) is 0.799. The zero-order valence-electron chi connectivity index (χ0n) is 9.91. The quantitative estimate of drug-likeness (QED) is 0.613. The van der Waals surface area contributed by atoms with Crippen molar-refractivity contribution in [2.75, 3.05) is 18.5 Å². The van der Waals surface area contributed by atoms with Gasteiger partial charge in [-0.3, -0.25) is 10.1 Å². The van der Waals surface area contributed by atoms with E-state index in [1.54, 1.807) is 12.1 Å². The Morgan fingerprint density at radius 3 is 2.72 bits per heavy atom. The maximum Gasteiger partial charge on any atom is 0.269 e. The summed E-state index contributed by atoms with van der Waals surface area (Å²) in [6, 6.07) is 5.97. The Morgan fingerprint density at radius 1 is 1.50 bits per heavy atom. The molecule has 1 aromatic rings. The monoisotopic (exact) mass is 252 g/mol. The number of benzene rings is 1. The number of nitrogens with one attached hydrogen (secondary N) is 1. The molecule has 6 heteroatoms. The molecule has 1 heterocycles. The van der Waals surface area contributed by atoms with Gasteiger partial charge in [0, 0.05) is 24.4 Å². The van der Waals surface area contributed by atoms with Gasteiger partial charge in [-0.1, -0.05) is 0 Å². The molecule has 18 heavy (non-hydrogen) atoms. The van der Waals surface area contributed by atoms with Crippen molar-refractivity contribution in [1.82, 2.24) is 0 Å². The second-order valence-corrected chi connectivity index (χ2v) is 4.29. The zero-order chi connectivity index (χ0) is 13.0. The third-order valence-corrected chi connectivity index (χ3v) is 3.04. The highest BCUT2D eigenvalue weighted by atomic mass is 16.6. The van der Waals surface area contributed by atoms with Crippen molar-refractivity contribution in [1.29, 1.82) is 0 Å². The van der Waals surface area contributed by atoms with E-state index in [-0.39, 0.29) is 24.4 Å². The Balaban J connectivity index is 2.00. The number of ether oxygens (including phenoxy) is 1. The van der Waals surface area contributed by atoms with E-state index in [9.17, 15) is 15.2 Å². The number of nitrogens with zero attached hydrogens (tertiary/aromatic N) is 1. The van der Waals surface area contributed by atoms with Crippen LogP contribution < -0.4 is 5.32 Å². The Kier molecular flexibility index (Phi) is 4.11. The maximum atomic E-state index is 10.5. The van der Waals surface area contributed by atoms with Crippen LogP contribution in [-0.2, 0) is 4.74 Å². The number of non-ortho nitro benzene ring substituents is 1. The first-order valence-corrected chi connectivity index (χ1v) is 5.94. The maximum absolute atomic E-state index is 10.5. The topological polar surface area (TPSA) is 84.6 Å². The Bertz CT molecular complexity index is 401. The highest BCUT2D eigenvalue weighted by Crippen LogP contribution is 2.21.